The summed E-state index contributed by atoms with van der Waals surface area (Å²) in [5, 5.41) is 20.3. The van der Waals surface area contributed by atoms with Crippen LogP contribution in [0.3, 0.4) is 0 Å². The van der Waals surface area contributed by atoms with Gasteiger partial charge in [-0.2, -0.15) is 0 Å². The monoisotopic (exact) mass is 292 g/mol. The van der Waals surface area contributed by atoms with Crippen molar-refractivity contribution in [3.05, 3.63) is 33.9 Å². The minimum atomic E-state index is -0.535. The van der Waals surface area contributed by atoms with Crippen LogP contribution in [0, 0.1) is 10.1 Å². The first-order chi connectivity index (χ1) is 10.0. The number of ketones is 1. The largest absolute Gasteiger partial charge is 0.395 e. The van der Waals surface area contributed by atoms with Crippen molar-refractivity contribution in [2.24, 2.45) is 0 Å². The Balaban J connectivity index is 2.38. The van der Waals surface area contributed by atoms with Crippen molar-refractivity contribution < 1.29 is 14.8 Å². The van der Waals surface area contributed by atoms with E-state index in [1.807, 2.05) is 0 Å². The van der Waals surface area contributed by atoms with Crippen molar-refractivity contribution in [1.82, 2.24) is 0 Å². The van der Waals surface area contributed by atoms with Crippen molar-refractivity contribution in [2.45, 2.75) is 38.6 Å². The molecule has 0 unspecified atom stereocenters. The van der Waals surface area contributed by atoms with Crippen molar-refractivity contribution in [1.29, 1.82) is 0 Å². The molecular weight excluding hydrogens is 272 g/mol. The summed E-state index contributed by atoms with van der Waals surface area (Å²) in [7, 11) is 0. The smallest absolute Gasteiger partial charge is 0.280 e. The van der Waals surface area contributed by atoms with Gasteiger partial charge < -0.3 is 10.0 Å². The summed E-state index contributed by atoms with van der Waals surface area (Å²) in [4.78, 5) is 24.2. The second-order valence-electron chi connectivity index (χ2n) is 5.37. The number of carbonyl (C=O) groups excluding carboxylic acids is 1. The SMILES string of the molecule is CC(=O)c1cc(N(CCO)C2CCCC2)ccc1[N+](=O)[O-]. The van der Waals surface area contributed by atoms with Gasteiger partial charge in [-0.1, -0.05) is 12.8 Å². The molecule has 1 N–H and O–H groups in total. The Kier molecular flexibility index (Phi) is 4.90. The lowest BCUT2D eigenvalue weighted by molar-refractivity contribution is -0.385. The Morgan fingerprint density at radius 2 is 2.10 bits per heavy atom. The maximum absolute atomic E-state index is 11.7. The number of rotatable bonds is 6. The van der Waals surface area contributed by atoms with E-state index in [9.17, 15) is 20.0 Å². The van der Waals surface area contributed by atoms with Crippen LogP contribution < -0.4 is 4.90 Å². The number of Topliss-reactive ketones (excluding diaryl/α,β-unsaturated/α-hetero) is 1. The van der Waals surface area contributed by atoms with E-state index >= 15 is 0 Å². The molecule has 0 bridgehead atoms. The van der Waals surface area contributed by atoms with Crippen LogP contribution >= 0.6 is 0 Å². The molecule has 0 spiro atoms. The first-order valence-corrected chi connectivity index (χ1v) is 7.21. The normalized spacial score (nSPS) is 15.1. The molecule has 0 aromatic heterocycles. The third-order valence-electron chi connectivity index (χ3n) is 3.99. The van der Waals surface area contributed by atoms with Gasteiger partial charge in [-0.15, -0.1) is 0 Å². The number of nitro groups is 1. The molecule has 0 amide bonds. The highest BCUT2D eigenvalue weighted by Crippen LogP contribution is 2.31. The van der Waals surface area contributed by atoms with Gasteiger partial charge in [-0.25, -0.2) is 0 Å². The fourth-order valence-corrected chi connectivity index (χ4v) is 2.99. The highest BCUT2D eigenvalue weighted by Gasteiger charge is 2.25. The Labute approximate surface area is 123 Å². The standard InChI is InChI=1S/C15H20N2O4/c1-11(19)14-10-13(6-7-15(14)17(20)21)16(8-9-18)12-4-2-3-5-12/h6-7,10,12,18H,2-5,8-9H2,1H3. The van der Waals surface area contributed by atoms with E-state index in [2.05, 4.69) is 4.90 Å². The van der Waals surface area contributed by atoms with E-state index in [-0.39, 0.29) is 23.6 Å². The maximum atomic E-state index is 11.7. The molecule has 1 aromatic carbocycles. The Hall–Kier alpha value is -1.95. The van der Waals surface area contributed by atoms with Gasteiger partial charge in [-0.05, 0) is 31.9 Å². The molecule has 0 heterocycles. The lowest BCUT2D eigenvalue weighted by Gasteiger charge is -2.30. The van der Waals surface area contributed by atoms with Gasteiger partial charge in [-0.3, -0.25) is 14.9 Å². The highest BCUT2D eigenvalue weighted by atomic mass is 16.6. The Bertz CT molecular complexity index is 538. The minimum absolute atomic E-state index is 0.0168. The Morgan fingerprint density at radius 1 is 1.43 bits per heavy atom. The lowest BCUT2D eigenvalue weighted by Crippen LogP contribution is -2.35. The molecule has 2 rings (SSSR count). The second kappa shape index (κ2) is 6.67. The predicted octanol–water partition coefficient (Wildman–Crippen LogP) is 2.54. The molecule has 1 aromatic rings. The molecule has 21 heavy (non-hydrogen) atoms. The van der Waals surface area contributed by atoms with Crippen LogP contribution in [-0.4, -0.2) is 35.0 Å². The summed E-state index contributed by atoms with van der Waals surface area (Å²) in [5.74, 6) is -0.320. The van der Waals surface area contributed by atoms with Crippen molar-refractivity contribution in [2.75, 3.05) is 18.1 Å². The first-order valence-electron chi connectivity index (χ1n) is 7.21. The van der Waals surface area contributed by atoms with Gasteiger partial charge in [0.05, 0.1) is 17.1 Å². The fourth-order valence-electron chi connectivity index (χ4n) is 2.99. The summed E-state index contributed by atoms with van der Waals surface area (Å²) < 4.78 is 0. The zero-order chi connectivity index (χ0) is 15.4. The topological polar surface area (TPSA) is 83.7 Å². The number of carbonyl (C=O) groups is 1. The number of benzene rings is 1. The van der Waals surface area contributed by atoms with Gasteiger partial charge in [0, 0.05) is 24.3 Å². The summed E-state index contributed by atoms with van der Waals surface area (Å²) in [6, 6.07) is 4.96. The lowest BCUT2D eigenvalue weighted by atomic mass is 10.1. The van der Waals surface area contributed by atoms with E-state index in [0.717, 1.165) is 31.4 Å². The molecule has 0 aliphatic heterocycles. The average Bonchev–Trinajstić information content (AvgIpc) is 2.97. The zero-order valence-corrected chi connectivity index (χ0v) is 12.1. The second-order valence-corrected chi connectivity index (χ2v) is 5.37. The number of anilines is 1. The van der Waals surface area contributed by atoms with E-state index in [0.29, 0.717) is 12.6 Å². The molecule has 0 saturated heterocycles. The van der Waals surface area contributed by atoms with E-state index in [4.69, 9.17) is 0 Å². The number of aliphatic hydroxyl groups is 1. The molecule has 6 nitrogen and oxygen atoms in total. The predicted molar refractivity (Wildman–Crippen MR) is 79.8 cm³/mol. The zero-order valence-electron chi connectivity index (χ0n) is 12.1. The van der Waals surface area contributed by atoms with Crippen LogP contribution in [-0.2, 0) is 0 Å². The van der Waals surface area contributed by atoms with Crippen LogP contribution in [0.2, 0.25) is 0 Å². The molecule has 0 atom stereocenters. The number of aliphatic hydroxyl groups excluding tert-OH is 1. The Morgan fingerprint density at radius 3 is 2.62 bits per heavy atom. The molecule has 114 valence electrons. The number of nitro benzene ring substituents is 1. The fraction of sp³-hybridized carbons (Fsp3) is 0.533. The quantitative estimate of drug-likeness (QED) is 0.495. The molecule has 0 radical (unpaired) electrons. The summed E-state index contributed by atoms with van der Waals surface area (Å²) in [5.41, 5.74) is 0.729. The average molecular weight is 292 g/mol. The maximum Gasteiger partial charge on any atom is 0.280 e. The van der Waals surface area contributed by atoms with Crippen LogP contribution in [0.5, 0.6) is 0 Å². The van der Waals surface area contributed by atoms with Crippen LogP contribution in [0.1, 0.15) is 43.0 Å². The van der Waals surface area contributed by atoms with Crippen molar-refractivity contribution in [3.63, 3.8) is 0 Å². The van der Waals surface area contributed by atoms with Crippen LogP contribution in [0.4, 0.5) is 11.4 Å². The highest BCUT2D eigenvalue weighted by molar-refractivity contribution is 5.99. The van der Waals surface area contributed by atoms with Crippen LogP contribution in [0.25, 0.3) is 0 Å². The van der Waals surface area contributed by atoms with Gasteiger partial charge in [0.25, 0.3) is 5.69 Å². The summed E-state index contributed by atoms with van der Waals surface area (Å²) in [6.07, 6.45) is 4.40. The van der Waals surface area contributed by atoms with Gasteiger partial charge >= 0.3 is 0 Å². The minimum Gasteiger partial charge on any atom is -0.395 e. The molecular formula is C15H20N2O4. The number of hydrogen-bond donors (Lipinski definition) is 1. The van der Waals surface area contributed by atoms with Crippen molar-refractivity contribution >= 4 is 17.2 Å². The molecule has 1 saturated carbocycles. The molecule has 1 fully saturated rings. The van der Waals surface area contributed by atoms with Crippen molar-refractivity contribution in [3.8, 4) is 0 Å². The molecule has 1 aliphatic rings. The third-order valence-corrected chi connectivity index (χ3v) is 3.99. The number of hydrogen-bond acceptors (Lipinski definition) is 5. The third kappa shape index (κ3) is 3.39. The van der Waals surface area contributed by atoms with Crippen LogP contribution in [0.15, 0.2) is 18.2 Å². The number of nitrogens with zero attached hydrogens (tertiary/aromatic N) is 2. The van der Waals surface area contributed by atoms with E-state index < -0.39 is 4.92 Å². The van der Waals surface area contributed by atoms with E-state index in [1.165, 1.54) is 13.0 Å². The first kappa shape index (κ1) is 15.4. The summed E-state index contributed by atoms with van der Waals surface area (Å²) in [6.45, 7) is 1.82. The van der Waals surface area contributed by atoms with Gasteiger partial charge in [0.2, 0.25) is 0 Å². The molecule has 6 heteroatoms. The van der Waals surface area contributed by atoms with E-state index in [1.54, 1.807) is 12.1 Å². The summed E-state index contributed by atoms with van der Waals surface area (Å²) >= 11 is 0. The molecule has 1 aliphatic carbocycles. The van der Waals surface area contributed by atoms with Gasteiger partial charge in [0.1, 0.15) is 0 Å². The van der Waals surface area contributed by atoms with Gasteiger partial charge in [0.15, 0.2) is 5.78 Å².